The Labute approximate surface area is 189 Å². The van der Waals surface area contributed by atoms with Gasteiger partial charge in [-0.1, -0.05) is 60.7 Å². The Balaban J connectivity index is 1.48. The molecule has 0 aliphatic heterocycles. The number of rotatable bonds is 9. The maximum absolute atomic E-state index is 12.4. The Morgan fingerprint density at radius 3 is 2.25 bits per heavy atom. The quantitative estimate of drug-likeness (QED) is 0.411. The zero-order valence-electron chi connectivity index (χ0n) is 18.7. The molecule has 2 N–H and O–H groups in total. The highest BCUT2D eigenvalue weighted by atomic mass is 16.1. The second kappa shape index (κ2) is 10.2. The number of aryl methyl sites for hydroxylation is 1. The Morgan fingerprint density at radius 2 is 1.62 bits per heavy atom. The summed E-state index contributed by atoms with van der Waals surface area (Å²) in [5, 5.41) is 2.96. The van der Waals surface area contributed by atoms with E-state index in [9.17, 15) is 4.79 Å². The van der Waals surface area contributed by atoms with Crippen molar-refractivity contribution < 1.29 is 4.79 Å². The minimum Gasteiger partial charge on any atom is -0.351 e. The summed E-state index contributed by atoms with van der Waals surface area (Å²) >= 11 is 0. The van der Waals surface area contributed by atoms with Gasteiger partial charge in [0.15, 0.2) is 0 Å². The largest absolute Gasteiger partial charge is 0.351 e. The van der Waals surface area contributed by atoms with Gasteiger partial charge in [-0.15, -0.1) is 0 Å². The average molecular weight is 427 g/mol. The van der Waals surface area contributed by atoms with Gasteiger partial charge in [-0.05, 0) is 49.8 Å². The number of nitrogens with one attached hydrogen (secondary N) is 2. The van der Waals surface area contributed by atoms with Crippen LogP contribution in [0.1, 0.15) is 39.6 Å². The van der Waals surface area contributed by atoms with Crippen LogP contribution < -0.4 is 5.32 Å². The highest BCUT2D eigenvalue weighted by Crippen LogP contribution is 2.29. The second-order valence-corrected chi connectivity index (χ2v) is 8.39. The molecule has 32 heavy (non-hydrogen) atoms. The molecule has 0 atom stereocenters. The summed E-state index contributed by atoms with van der Waals surface area (Å²) in [4.78, 5) is 22.7. The number of aromatic nitrogens is 2. The van der Waals surface area contributed by atoms with Crippen LogP contribution in [-0.2, 0) is 6.42 Å². The van der Waals surface area contributed by atoms with Crippen molar-refractivity contribution in [3.8, 4) is 0 Å². The van der Waals surface area contributed by atoms with Crippen LogP contribution >= 0.6 is 0 Å². The molecule has 5 heteroatoms. The van der Waals surface area contributed by atoms with E-state index in [1.54, 1.807) is 0 Å². The van der Waals surface area contributed by atoms with Gasteiger partial charge in [-0.3, -0.25) is 4.79 Å². The lowest BCUT2D eigenvalue weighted by Gasteiger charge is -2.17. The fourth-order valence-electron chi connectivity index (χ4n) is 3.99. The van der Waals surface area contributed by atoms with Crippen LogP contribution in [0.15, 0.2) is 78.9 Å². The summed E-state index contributed by atoms with van der Waals surface area (Å²) in [6, 6.07) is 26.9. The van der Waals surface area contributed by atoms with Crippen molar-refractivity contribution in [1.29, 1.82) is 0 Å². The molecular formula is C27H30N4O. The number of fused-ring (bicyclic) bond motifs is 1. The predicted molar refractivity (Wildman–Crippen MR) is 130 cm³/mol. The molecule has 0 saturated heterocycles. The molecule has 0 aliphatic carbocycles. The number of aromatic amines is 1. The lowest BCUT2D eigenvalue weighted by molar-refractivity contribution is 0.0951. The van der Waals surface area contributed by atoms with Crippen LogP contribution in [0, 0.1) is 0 Å². The van der Waals surface area contributed by atoms with Gasteiger partial charge >= 0.3 is 0 Å². The summed E-state index contributed by atoms with van der Waals surface area (Å²) in [5.74, 6) is 1.20. The maximum atomic E-state index is 12.4. The average Bonchev–Trinajstić information content (AvgIpc) is 3.22. The van der Waals surface area contributed by atoms with E-state index < -0.39 is 0 Å². The highest BCUT2D eigenvalue weighted by Gasteiger charge is 2.15. The van der Waals surface area contributed by atoms with E-state index in [1.165, 1.54) is 11.1 Å². The third-order valence-electron chi connectivity index (χ3n) is 5.71. The standard InChI is InChI=1S/C27H30N4O/c1-31(2)18-17-28-27(32)22-13-15-24-25(19-22)30-26(29-24)16-14-23(20-9-5-3-6-10-20)21-11-7-4-8-12-21/h3-13,15,19,23H,14,16-18H2,1-2H3,(H,28,32)(H,29,30). The number of carbonyl (C=O) groups is 1. The minimum absolute atomic E-state index is 0.0573. The molecule has 1 aromatic heterocycles. The molecule has 4 rings (SSSR count). The first kappa shape index (κ1) is 21.8. The topological polar surface area (TPSA) is 61.0 Å². The third kappa shape index (κ3) is 5.42. The molecule has 0 fully saturated rings. The zero-order chi connectivity index (χ0) is 22.3. The van der Waals surface area contributed by atoms with Crippen molar-refractivity contribution in [2.45, 2.75) is 18.8 Å². The van der Waals surface area contributed by atoms with E-state index in [2.05, 4.69) is 71.0 Å². The number of likely N-dealkylation sites (N-methyl/N-ethyl adjacent to an activating group) is 1. The first-order valence-electron chi connectivity index (χ1n) is 11.1. The van der Waals surface area contributed by atoms with Crippen LogP contribution in [0.4, 0.5) is 0 Å². The van der Waals surface area contributed by atoms with Gasteiger partial charge in [0.05, 0.1) is 11.0 Å². The van der Waals surface area contributed by atoms with Gasteiger partial charge in [0.25, 0.3) is 5.91 Å². The van der Waals surface area contributed by atoms with Crippen LogP contribution in [0.5, 0.6) is 0 Å². The summed E-state index contributed by atoms with van der Waals surface area (Å²) in [5.41, 5.74) is 5.06. The minimum atomic E-state index is -0.0573. The van der Waals surface area contributed by atoms with Crippen molar-refractivity contribution in [2.24, 2.45) is 0 Å². The summed E-state index contributed by atoms with van der Waals surface area (Å²) in [6.45, 7) is 1.44. The van der Waals surface area contributed by atoms with Crippen molar-refractivity contribution in [2.75, 3.05) is 27.2 Å². The van der Waals surface area contributed by atoms with Gasteiger partial charge in [-0.25, -0.2) is 4.98 Å². The smallest absolute Gasteiger partial charge is 0.251 e. The Bertz CT molecular complexity index is 1110. The number of imidazole rings is 1. The van der Waals surface area contributed by atoms with E-state index in [0.717, 1.165) is 36.2 Å². The van der Waals surface area contributed by atoms with E-state index in [1.807, 2.05) is 37.2 Å². The van der Waals surface area contributed by atoms with Crippen molar-refractivity contribution in [3.05, 3.63) is 101 Å². The van der Waals surface area contributed by atoms with Crippen molar-refractivity contribution >= 4 is 16.9 Å². The molecule has 4 aromatic rings. The van der Waals surface area contributed by atoms with Crippen LogP contribution in [0.3, 0.4) is 0 Å². The maximum Gasteiger partial charge on any atom is 0.251 e. The Morgan fingerprint density at radius 1 is 0.969 bits per heavy atom. The molecule has 0 spiro atoms. The van der Waals surface area contributed by atoms with Gasteiger partial charge < -0.3 is 15.2 Å². The molecule has 0 radical (unpaired) electrons. The fraction of sp³-hybridized carbons (Fsp3) is 0.259. The SMILES string of the molecule is CN(C)CCNC(=O)c1ccc2nc(CCC(c3ccccc3)c3ccccc3)[nH]c2c1. The molecule has 0 unspecified atom stereocenters. The van der Waals surface area contributed by atoms with Gasteiger partial charge in [0, 0.05) is 31.0 Å². The number of benzene rings is 3. The highest BCUT2D eigenvalue weighted by molar-refractivity contribution is 5.97. The number of H-pyrrole nitrogens is 1. The molecule has 0 saturated carbocycles. The molecule has 1 heterocycles. The first-order chi connectivity index (χ1) is 15.6. The van der Waals surface area contributed by atoms with Crippen molar-refractivity contribution in [1.82, 2.24) is 20.2 Å². The molecule has 0 bridgehead atoms. The van der Waals surface area contributed by atoms with Gasteiger partial charge in [0.1, 0.15) is 5.82 Å². The van der Waals surface area contributed by atoms with E-state index in [0.29, 0.717) is 18.0 Å². The monoisotopic (exact) mass is 426 g/mol. The third-order valence-corrected chi connectivity index (χ3v) is 5.71. The lowest BCUT2D eigenvalue weighted by atomic mass is 9.87. The van der Waals surface area contributed by atoms with Gasteiger partial charge in [0.2, 0.25) is 0 Å². The van der Waals surface area contributed by atoms with Crippen LogP contribution in [0.2, 0.25) is 0 Å². The molecule has 164 valence electrons. The molecule has 1 amide bonds. The summed E-state index contributed by atoms with van der Waals surface area (Å²) < 4.78 is 0. The van der Waals surface area contributed by atoms with E-state index in [-0.39, 0.29) is 5.91 Å². The molecule has 3 aromatic carbocycles. The Kier molecular flexibility index (Phi) is 6.97. The fourth-order valence-corrected chi connectivity index (χ4v) is 3.99. The Hall–Kier alpha value is -3.44. The lowest BCUT2D eigenvalue weighted by Crippen LogP contribution is -2.31. The number of nitrogens with zero attached hydrogens (tertiary/aromatic N) is 2. The molecule has 0 aliphatic rings. The van der Waals surface area contributed by atoms with E-state index >= 15 is 0 Å². The summed E-state index contributed by atoms with van der Waals surface area (Å²) in [7, 11) is 3.98. The first-order valence-corrected chi connectivity index (χ1v) is 11.1. The predicted octanol–water partition coefficient (Wildman–Crippen LogP) is 4.62. The molecular weight excluding hydrogens is 396 g/mol. The number of hydrogen-bond donors (Lipinski definition) is 2. The zero-order valence-corrected chi connectivity index (χ0v) is 18.7. The van der Waals surface area contributed by atoms with E-state index in [4.69, 9.17) is 4.98 Å². The van der Waals surface area contributed by atoms with Crippen LogP contribution in [0.25, 0.3) is 11.0 Å². The molecule has 5 nitrogen and oxygen atoms in total. The number of hydrogen-bond acceptors (Lipinski definition) is 3. The normalized spacial score (nSPS) is 11.4. The number of carbonyl (C=O) groups excluding carboxylic acids is 1. The summed E-state index contributed by atoms with van der Waals surface area (Å²) in [6.07, 6.45) is 1.78. The van der Waals surface area contributed by atoms with Crippen LogP contribution in [-0.4, -0.2) is 48.0 Å². The van der Waals surface area contributed by atoms with Gasteiger partial charge in [-0.2, -0.15) is 0 Å². The second-order valence-electron chi connectivity index (χ2n) is 8.39. The number of amides is 1. The van der Waals surface area contributed by atoms with Crippen molar-refractivity contribution in [3.63, 3.8) is 0 Å².